The van der Waals surface area contributed by atoms with Crippen LogP contribution in [0.15, 0.2) is 40.9 Å². The number of benzene rings is 1. The van der Waals surface area contributed by atoms with E-state index in [1.54, 1.807) is 0 Å². The third kappa shape index (κ3) is 3.10. The third-order valence-electron chi connectivity index (χ3n) is 4.36. The topological polar surface area (TPSA) is 23.5 Å². The minimum absolute atomic E-state index is 0.384. The molecule has 2 aliphatic rings. The minimum atomic E-state index is -0.384. The van der Waals surface area contributed by atoms with Crippen molar-refractivity contribution in [3.63, 3.8) is 0 Å². The van der Waals surface area contributed by atoms with Crippen molar-refractivity contribution < 1.29 is 5.11 Å². The van der Waals surface area contributed by atoms with Crippen molar-refractivity contribution in [2.24, 2.45) is 11.8 Å². The number of aliphatic hydroxyl groups excluding tert-OH is 1. The smallest absolute Gasteiger partial charge is 0.0917 e. The normalized spacial score (nSPS) is 28.3. The Morgan fingerprint density at radius 2 is 1.89 bits per heavy atom. The van der Waals surface area contributed by atoms with Crippen LogP contribution in [0.3, 0.4) is 0 Å². The number of likely N-dealkylation sites (tertiary alicyclic amines) is 1. The van der Waals surface area contributed by atoms with E-state index in [0.717, 1.165) is 41.5 Å². The lowest BCUT2D eigenvalue weighted by molar-refractivity contribution is 0.123. The van der Waals surface area contributed by atoms with Crippen LogP contribution in [0, 0.1) is 11.8 Å². The second-order valence-corrected chi connectivity index (χ2v) is 6.67. The molecule has 3 atom stereocenters. The van der Waals surface area contributed by atoms with Gasteiger partial charge in [-0.1, -0.05) is 40.2 Å². The van der Waals surface area contributed by atoms with Gasteiger partial charge in [-0.25, -0.2) is 0 Å². The first-order valence-corrected chi connectivity index (χ1v) is 7.82. The second-order valence-electron chi connectivity index (χ2n) is 5.75. The minimum Gasteiger partial charge on any atom is -0.387 e. The van der Waals surface area contributed by atoms with Crippen molar-refractivity contribution in [3.8, 4) is 0 Å². The molecule has 1 aliphatic heterocycles. The Bertz CT molecular complexity index is 458. The molecule has 0 unspecified atom stereocenters. The number of aliphatic hydroxyl groups is 1. The molecule has 0 radical (unpaired) electrons. The SMILES string of the molecule is O[C@H](CN1C[C@H]2CC=CC[C@H]2C1)c1cccc(Br)c1. The van der Waals surface area contributed by atoms with E-state index in [0.29, 0.717) is 0 Å². The van der Waals surface area contributed by atoms with Crippen LogP contribution in [0.4, 0.5) is 0 Å². The molecule has 19 heavy (non-hydrogen) atoms. The Morgan fingerprint density at radius 3 is 2.53 bits per heavy atom. The zero-order valence-electron chi connectivity index (χ0n) is 11.0. The molecule has 1 saturated heterocycles. The fourth-order valence-electron chi connectivity index (χ4n) is 3.32. The molecule has 102 valence electrons. The third-order valence-corrected chi connectivity index (χ3v) is 4.85. The van der Waals surface area contributed by atoms with E-state index in [-0.39, 0.29) is 6.10 Å². The lowest BCUT2D eigenvalue weighted by atomic mass is 9.86. The van der Waals surface area contributed by atoms with Crippen LogP contribution < -0.4 is 0 Å². The Hall–Kier alpha value is -0.640. The standard InChI is InChI=1S/C16H20BrNO/c17-15-7-3-6-12(8-15)16(19)11-18-9-13-4-1-2-5-14(13)10-18/h1-3,6-8,13-14,16,19H,4-5,9-11H2/t13-,14+,16-/m1/s1. The summed E-state index contributed by atoms with van der Waals surface area (Å²) in [7, 11) is 0. The molecule has 0 saturated carbocycles. The van der Waals surface area contributed by atoms with E-state index in [9.17, 15) is 5.11 Å². The van der Waals surface area contributed by atoms with Crippen LogP contribution in [-0.2, 0) is 0 Å². The van der Waals surface area contributed by atoms with Crippen LogP contribution >= 0.6 is 15.9 Å². The summed E-state index contributed by atoms with van der Waals surface area (Å²) in [4.78, 5) is 2.42. The van der Waals surface area contributed by atoms with Crippen molar-refractivity contribution in [2.45, 2.75) is 18.9 Å². The maximum Gasteiger partial charge on any atom is 0.0917 e. The summed E-state index contributed by atoms with van der Waals surface area (Å²) in [5, 5.41) is 10.4. The van der Waals surface area contributed by atoms with E-state index >= 15 is 0 Å². The first-order valence-electron chi connectivity index (χ1n) is 7.03. The van der Waals surface area contributed by atoms with Gasteiger partial charge in [0.2, 0.25) is 0 Å². The summed E-state index contributed by atoms with van der Waals surface area (Å²) in [6, 6.07) is 7.98. The van der Waals surface area contributed by atoms with E-state index in [4.69, 9.17) is 0 Å². The molecular weight excluding hydrogens is 302 g/mol. The Balaban J connectivity index is 1.60. The Labute approximate surface area is 123 Å². The molecule has 2 nitrogen and oxygen atoms in total. The van der Waals surface area contributed by atoms with Crippen molar-refractivity contribution in [1.29, 1.82) is 0 Å². The molecule has 1 aromatic rings. The monoisotopic (exact) mass is 321 g/mol. The summed E-state index contributed by atoms with van der Waals surface area (Å²) in [5.41, 5.74) is 1.00. The number of halogens is 1. The molecule has 0 spiro atoms. The zero-order chi connectivity index (χ0) is 13.2. The van der Waals surface area contributed by atoms with E-state index < -0.39 is 0 Å². The van der Waals surface area contributed by atoms with Crippen LogP contribution in [0.1, 0.15) is 24.5 Å². The quantitative estimate of drug-likeness (QED) is 0.863. The lowest BCUT2D eigenvalue weighted by Gasteiger charge is -2.20. The van der Waals surface area contributed by atoms with Gasteiger partial charge in [0.25, 0.3) is 0 Å². The van der Waals surface area contributed by atoms with Gasteiger partial charge < -0.3 is 5.11 Å². The summed E-state index contributed by atoms with van der Waals surface area (Å²) in [6.07, 6.45) is 6.68. The van der Waals surface area contributed by atoms with Gasteiger partial charge in [-0.2, -0.15) is 0 Å². The number of allylic oxidation sites excluding steroid dienone is 2. The summed E-state index contributed by atoms with van der Waals surface area (Å²) < 4.78 is 1.03. The van der Waals surface area contributed by atoms with E-state index in [1.165, 1.54) is 12.8 Å². The molecule has 3 heteroatoms. The number of fused-ring (bicyclic) bond motifs is 1. The Kier molecular flexibility index (Phi) is 4.06. The second kappa shape index (κ2) is 5.78. The zero-order valence-corrected chi connectivity index (χ0v) is 12.6. The van der Waals surface area contributed by atoms with Gasteiger partial charge in [-0.3, -0.25) is 4.90 Å². The van der Waals surface area contributed by atoms with Crippen molar-refractivity contribution in [2.75, 3.05) is 19.6 Å². The molecule has 1 heterocycles. The maximum absolute atomic E-state index is 10.4. The number of rotatable bonds is 3. The van der Waals surface area contributed by atoms with E-state index in [2.05, 4.69) is 33.0 Å². The molecule has 1 fully saturated rings. The van der Waals surface area contributed by atoms with Gasteiger partial charge in [0.15, 0.2) is 0 Å². The average molecular weight is 322 g/mol. The first-order chi connectivity index (χ1) is 9.22. The van der Waals surface area contributed by atoms with Gasteiger partial charge in [0.1, 0.15) is 0 Å². The Morgan fingerprint density at radius 1 is 1.21 bits per heavy atom. The van der Waals surface area contributed by atoms with Gasteiger partial charge >= 0.3 is 0 Å². The van der Waals surface area contributed by atoms with Crippen molar-refractivity contribution in [1.82, 2.24) is 4.90 Å². The summed E-state index contributed by atoms with van der Waals surface area (Å²) >= 11 is 3.46. The predicted molar refractivity (Wildman–Crippen MR) is 80.9 cm³/mol. The highest BCUT2D eigenvalue weighted by molar-refractivity contribution is 9.10. The van der Waals surface area contributed by atoms with Crippen LogP contribution in [-0.4, -0.2) is 29.6 Å². The predicted octanol–water partition coefficient (Wildman–Crippen LogP) is 3.38. The van der Waals surface area contributed by atoms with Crippen molar-refractivity contribution >= 4 is 15.9 Å². The molecule has 1 N–H and O–H groups in total. The molecule has 0 aromatic heterocycles. The average Bonchev–Trinajstić information content (AvgIpc) is 2.80. The molecule has 0 bridgehead atoms. The fourth-order valence-corrected chi connectivity index (χ4v) is 3.74. The fraction of sp³-hybridized carbons (Fsp3) is 0.500. The summed E-state index contributed by atoms with van der Waals surface area (Å²) in [6.45, 7) is 3.03. The van der Waals surface area contributed by atoms with E-state index in [1.807, 2.05) is 24.3 Å². The number of β-amino-alcohol motifs (C(OH)–C–C–N with tert-alkyl or cyclic N) is 1. The van der Waals surface area contributed by atoms with Gasteiger partial charge in [0, 0.05) is 24.1 Å². The van der Waals surface area contributed by atoms with Gasteiger partial charge in [-0.15, -0.1) is 0 Å². The van der Waals surface area contributed by atoms with Gasteiger partial charge in [-0.05, 0) is 42.4 Å². The highest BCUT2D eigenvalue weighted by Crippen LogP contribution is 2.33. The highest BCUT2D eigenvalue weighted by Gasteiger charge is 2.33. The number of hydrogen-bond donors (Lipinski definition) is 1. The summed E-state index contributed by atoms with van der Waals surface area (Å²) in [5.74, 6) is 1.61. The highest BCUT2D eigenvalue weighted by atomic mass is 79.9. The van der Waals surface area contributed by atoms with Crippen LogP contribution in [0.25, 0.3) is 0 Å². The molecule has 1 aliphatic carbocycles. The van der Waals surface area contributed by atoms with Crippen LogP contribution in [0.2, 0.25) is 0 Å². The molecule has 1 aromatic carbocycles. The molecule has 3 rings (SSSR count). The van der Waals surface area contributed by atoms with Crippen molar-refractivity contribution in [3.05, 3.63) is 46.5 Å². The molecule has 0 amide bonds. The first kappa shape index (κ1) is 13.3. The van der Waals surface area contributed by atoms with Crippen LogP contribution in [0.5, 0.6) is 0 Å². The number of nitrogens with zero attached hydrogens (tertiary/aromatic N) is 1. The largest absolute Gasteiger partial charge is 0.387 e. The van der Waals surface area contributed by atoms with Gasteiger partial charge in [0.05, 0.1) is 6.10 Å². The maximum atomic E-state index is 10.4. The lowest BCUT2D eigenvalue weighted by Crippen LogP contribution is -2.26. The number of hydrogen-bond acceptors (Lipinski definition) is 2. The molecular formula is C16H20BrNO.